The highest BCUT2D eigenvalue weighted by Crippen LogP contribution is 2.37. The number of anilines is 1. The Bertz CT molecular complexity index is 1210. The first-order chi connectivity index (χ1) is 15.1. The Morgan fingerprint density at radius 1 is 1.09 bits per heavy atom. The maximum absolute atomic E-state index is 13.1. The van der Waals surface area contributed by atoms with E-state index in [-0.39, 0.29) is 24.0 Å². The van der Waals surface area contributed by atoms with Crippen LogP contribution in [0.25, 0.3) is 0 Å². The SMILES string of the molecule is Cn1cnc(S(=O)(=O)N2CC(Nc3ccc(C(F)(F)F)cc3)C(c3ccccc3Cl)C2)c1. The third-order valence-corrected chi connectivity index (χ3v) is 7.50. The number of imidazole rings is 1. The Kier molecular flexibility index (Phi) is 5.95. The smallest absolute Gasteiger partial charge is 0.380 e. The lowest BCUT2D eigenvalue weighted by Gasteiger charge is -2.22. The van der Waals surface area contributed by atoms with Crippen molar-refractivity contribution in [2.24, 2.45) is 7.05 Å². The molecule has 6 nitrogen and oxygen atoms in total. The van der Waals surface area contributed by atoms with Gasteiger partial charge in [-0.25, -0.2) is 13.4 Å². The predicted molar refractivity (Wildman–Crippen MR) is 115 cm³/mol. The number of aryl methyl sites for hydroxylation is 1. The molecule has 1 N–H and O–H groups in total. The number of nitrogens with one attached hydrogen (secondary N) is 1. The van der Waals surface area contributed by atoms with Crippen LogP contribution in [0.2, 0.25) is 5.02 Å². The van der Waals surface area contributed by atoms with Crippen molar-refractivity contribution in [2.45, 2.75) is 23.2 Å². The topological polar surface area (TPSA) is 67.2 Å². The summed E-state index contributed by atoms with van der Waals surface area (Å²) in [6, 6.07) is 11.4. The molecular weight excluding hydrogens is 465 g/mol. The Balaban J connectivity index is 1.64. The Morgan fingerprint density at radius 3 is 2.38 bits per heavy atom. The molecule has 2 aromatic carbocycles. The number of benzene rings is 2. The lowest BCUT2D eigenvalue weighted by molar-refractivity contribution is -0.137. The first kappa shape index (κ1) is 22.6. The molecule has 1 aromatic heterocycles. The van der Waals surface area contributed by atoms with E-state index in [1.165, 1.54) is 29.0 Å². The molecule has 170 valence electrons. The third-order valence-electron chi connectivity index (χ3n) is 5.44. The molecule has 0 spiro atoms. The van der Waals surface area contributed by atoms with Crippen LogP contribution < -0.4 is 5.32 Å². The lowest BCUT2D eigenvalue weighted by atomic mass is 9.94. The van der Waals surface area contributed by atoms with Crippen LogP contribution in [0.5, 0.6) is 0 Å². The van der Waals surface area contributed by atoms with Crippen molar-refractivity contribution in [1.82, 2.24) is 13.9 Å². The third kappa shape index (κ3) is 4.48. The fourth-order valence-corrected chi connectivity index (χ4v) is 5.56. The molecule has 3 aromatic rings. The molecule has 0 bridgehead atoms. The molecule has 0 saturated carbocycles. The number of aromatic nitrogens is 2. The summed E-state index contributed by atoms with van der Waals surface area (Å²) in [4.78, 5) is 3.97. The highest BCUT2D eigenvalue weighted by Gasteiger charge is 2.41. The van der Waals surface area contributed by atoms with E-state index in [9.17, 15) is 21.6 Å². The average Bonchev–Trinajstić information content (AvgIpc) is 3.35. The van der Waals surface area contributed by atoms with Crippen LogP contribution in [0.4, 0.5) is 18.9 Å². The van der Waals surface area contributed by atoms with E-state index in [1.54, 1.807) is 23.7 Å². The highest BCUT2D eigenvalue weighted by atomic mass is 35.5. The largest absolute Gasteiger partial charge is 0.416 e. The second-order valence-electron chi connectivity index (χ2n) is 7.65. The number of sulfonamides is 1. The quantitative estimate of drug-likeness (QED) is 0.584. The molecule has 0 aliphatic carbocycles. The van der Waals surface area contributed by atoms with Gasteiger partial charge in [-0.2, -0.15) is 17.5 Å². The van der Waals surface area contributed by atoms with Gasteiger partial charge in [0.2, 0.25) is 0 Å². The molecule has 0 amide bonds. The fourth-order valence-electron chi connectivity index (χ4n) is 3.83. The summed E-state index contributed by atoms with van der Waals surface area (Å²) in [5.74, 6) is -0.315. The van der Waals surface area contributed by atoms with Gasteiger partial charge < -0.3 is 9.88 Å². The zero-order valence-electron chi connectivity index (χ0n) is 16.9. The van der Waals surface area contributed by atoms with Crippen LogP contribution in [0.15, 0.2) is 66.1 Å². The minimum Gasteiger partial charge on any atom is -0.380 e. The van der Waals surface area contributed by atoms with Crippen LogP contribution in [0.1, 0.15) is 17.0 Å². The average molecular weight is 485 g/mol. The summed E-state index contributed by atoms with van der Waals surface area (Å²) >= 11 is 6.39. The molecule has 1 fully saturated rings. The molecule has 2 heterocycles. The van der Waals surface area contributed by atoms with Crippen molar-refractivity contribution in [3.63, 3.8) is 0 Å². The van der Waals surface area contributed by atoms with Crippen molar-refractivity contribution in [3.05, 3.63) is 77.2 Å². The molecule has 1 aliphatic rings. The van der Waals surface area contributed by atoms with Gasteiger partial charge in [0.1, 0.15) is 0 Å². The van der Waals surface area contributed by atoms with Crippen molar-refractivity contribution in [1.29, 1.82) is 0 Å². The van der Waals surface area contributed by atoms with Crippen molar-refractivity contribution in [3.8, 4) is 0 Å². The number of rotatable bonds is 5. The molecule has 4 rings (SSSR count). The predicted octanol–water partition coefficient (Wildman–Crippen LogP) is 4.36. The van der Waals surface area contributed by atoms with E-state index in [1.807, 2.05) is 12.1 Å². The molecule has 2 atom stereocenters. The van der Waals surface area contributed by atoms with Crippen LogP contribution >= 0.6 is 11.6 Å². The number of nitrogens with zero attached hydrogens (tertiary/aromatic N) is 3. The van der Waals surface area contributed by atoms with Crippen LogP contribution in [0.3, 0.4) is 0 Å². The molecular formula is C21H20ClF3N4O2S. The number of halogens is 4. The monoisotopic (exact) mass is 484 g/mol. The van der Waals surface area contributed by atoms with Gasteiger partial charge in [-0.3, -0.25) is 0 Å². The second kappa shape index (κ2) is 8.42. The van der Waals surface area contributed by atoms with E-state index in [0.717, 1.165) is 17.7 Å². The summed E-state index contributed by atoms with van der Waals surface area (Å²) in [6.45, 7) is 0.261. The van der Waals surface area contributed by atoms with Crippen molar-refractivity contribution in [2.75, 3.05) is 18.4 Å². The van der Waals surface area contributed by atoms with Gasteiger partial charge >= 0.3 is 6.18 Å². The summed E-state index contributed by atoms with van der Waals surface area (Å²) in [7, 11) is -2.18. The number of alkyl halides is 3. The maximum Gasteiger partial charge on any atom is 0.416 e. The van der Waals surface area contributed by atoms with Crippen LogP contribution in [0, 0.1) is 0 Å². The van der Waals surface area contributed by atoms with Gasteiger partial charge in [0.15, 0.2) is 5.03 Å². The molecule has 1 aliphatic heterocycles. The van der Waals surface area contributed by atoms with Crippen molar-refractivity contribution < 1.29 is 21.6 Å². The highest BCUT2D eigenvalue weighted by molar-refractivity contribution is 7.89. The van der Waals surface area contributed by atoms with Gasteiger partial charge in [-0.15, -0.1) is 0 Å². The zero-order chi connectivity index (χ0) is 23.1. The molecule has 1 saturated heterocycles. The minimum atomic E-state index is -4.43. The van der Waals surface area contributed by atoms with Gasteiger partial charge in [0.05, 0.1) is 11.9 Å². The summed E-state index contributed by atoms with van der Waals surface area (Å²) in [6.07, 6.45) is -1.59. The Hall–Kier alpha value is -2.56. The van der Waals surface area contributed by atoms with Crippen LogP contribution in [-0.4, -0.2) is 41.4 Å². The summed E-state index contributed by atoms with van der Waals surface area (Å²) in [5, 5.41) is 3.63. The van der Waals surface area contributed by atoms with E-state index >= 15 is 0 Å². The van der Waals surface area contributed by atoms with E-state index in [2.05, 4.69) is 10.3 Å². The fraction of sp³-hybridized carbons (Fsp3) is 0.286. The normalized spacial score (nSPS) is 19.9. The van der Waals surface area contributed by atoms with Gasteiger partial charge in [-0.05, 0) is 35.9 Å². The zero-order valence-corrected chi connectivity index (χ0v) is 18.5. The molecule has 32 heavy (non-hydrogen) atoms. The standard InChI is InChI=1S/C21H20ClF3N4O2S/c1-28-12-20(26-13-28)32(30,31)29-10-17(16-4-2-3-5-18(16)22)19(11-29)27-15-8-6-14(7-9-15)21(23,24)25/h2-9,12-13,17,19,27H,10-11H2,1H3. The Morgan fingerprint density at radius 2 is 1.78 bits per heavy atom. The van der Waals surface area contributed by atoms with Gasteiger partial charge in [0.25, 0.3) is 10.0 Å². The molecule has 2 unspecified atom stereocenters. The second-order valence-corrected chi connectivity index (χ2v) is 9.95. The van der Waals surface area contributed by atoms with Gasteiger partial charge in [0, 0.05) is 49.0 Å². The molecule has 11 heteroatoms. The minimum absolute atomic E-state index is 0.0620. The summed E-state index contributed by atoms with van der Waals surface area (Å²) < 4.78 is 67.8. The summed E-state index contributed by atoms with van der Waals surface area (Å²) in [5.41, 5.74) is 0.464. The lowest BCUT2D eigenvalue weighted by Crippen LogP contribution is -2.32. The van der Waals surface area contributed by atoms with E-state index in [4.69, 9.17) is 11.6 Å². The van der Waals surface area contributed by atoms with Crippen molar-refractivity contribution >= 4 is 27.3 Å². The first-order valence-corrected chi connectivity index (χ1v) is 11.5. The van der Waals surface area contributed by atoms with E-state index in [0.29, 0.717) is 10.7 Å². The number of hydrogen-bond donors (Lipinski definition) is 1. The maximum atomic E-state index is 13.1. The van der Waals surface area contributed by atoms with Gasteiger partial charge in [-0.1, -0.05) is 29.8 Å². The molecule has 0 radical (unpaired) electrons. The first-order valence-electron chi connectivity index (χ1n) is 9.72. The number of hydrogen-bond acceptors (Lipinski definition) is 4. The van der Waals surface area contributed by atoms with E-state index < -0.39 is 27.8 Å². The van der Waals surface area contributed by atoms with Crippen LogP contribution in [-0.2, 0) is 23.2 Å². The Labute approximate surface area is 188 Å².